The van der Waals surface area contributed by atoms with Crippen LogP contribution in [0.3, 0.4) is 0 Å². The van der Waals surface area contributed by atoms with E-state index in [9.17, 15) is 35.1 Å². The third kappa shape index (κ3) is 2.15. The summed E-state index contributed by atoms with van der Waals surface area (Å²) >= 11 is 0.0704. The quantitative estimate of drug-likeness (QED) is 0.536. The van der Waals surface area contributed by atoms with Crippen LogP contribution in [0.25, 0.3) is 0 Å². The van der Waals surface area contributed by atoms with Crippen LogP contribution in [0.15, 0.2) is 0 Å². The van der Waals surface area contributed by atoms with Gasteiger partial charge in [-0.25, -0.2) is 4.39 Å². The van der Waals surface area contributed by atoms with Crippen LogP contribution in [0, 0.1) is 4.18 Å². The first-order valence-corrected chi connectivity index (χ1v) is 3.53. The standard InChI is InChI=1S/C4F8I/c5-1(13)2(6,7)3(8,9)4(10,11)12. The molecule has 9 heteroatoms. The molecule has 0 N–H and O–H groups in total. The maximum atomic E-state index is 11.9. The van der Waals surface area contributed by atoms with E-state index in [1.165, 1.54) is 0 Å². The second-order valence-electron chi connectivity index (χ2n) is 1.91. The Hall–Kier alpha value is 0.170. The Kier molecular flexibility index (Phi) is 3.43. The van der Waals surface area contributed by atoms with E-state index in [2.05, 4.69) is 0 Å². The minimum atomic E-state index is -6.49. The van der Waals surface area contributed by atoms with Crippen LogP contribution < -0.4 is 0 Å². The molecule has 13 heavy (non-hydrogen) atoms. The lowest BCUT2D eigenvalue weighted by Gasteiger charge is -2.27. The fraction of sp³-hybridized carbons (Fsp3) is 0.750. The molecule has 0 aromatic rings. The molecule has 0 rings (SSSR count). The van der Waals surface area contributed by atoms with E-state index >= 15 is 0 Å². The third-order valence-electron chi connectivity index (χ3n) is 0.988. The fourth-order valence-corrected chi connectivity index (χ4v) is 0.635. The van der Waals surface area contributed by atoms with Crippen LogP contribution in [0.5, 0.6) is 0 Å². The van der Waals surface area contributed by atoms with Crippen LogP contribution >= 0.6 is 22.6 Å². The van der Waals surface area contributed by atoms with Gasteiger partial charge in [0.15, 0.2) is 0 Å². The predicted octanol–water partition coefficient (Wildman–Crippen LogP) is 3.71. The van der Waals surface area contributed by atoms with Crippen LogP contribution in [-0.2, 0) is 0 Å². The van der Waals surface area contributed by atoms with E-state index in [4.69, 9.17) is 0 Å². The first kappa shape index (κ1) is 13.2. The van der Waals surface area contributed by atoms with Crippen LogP contribution in [0.2, 0.25) is 0 Å². The van der Waals surface area contributed by atoms with Crippen molar-refractivity contribution < 1.29 is 35.1 Å². The highest BCUT2D eigenvalue weighted by molar-refractivity contribution is 14.1. The Labute approximate surface area is 80.4 Å². The van der Waals surface area contributed by atoms with Gasteiger partial charge in [0.05, 0.1) is 0 Å². The maximum Gasteiger partial charge on any atom is 0.460 e. The highest BCUT2D eigenvalue weighted by Gasteiger charge is 2.76. The van der Waals surface area contributed by atoms with Gasteiger partial charge in [0.1, 0.15) is 0 Å². The molecule has 0 saturated carbocycles. The molecule has 79 valence electrons. The molecule has 0 fully saturated rings. The van der Waals surface area contributed by atoms with Gasteiger partial charge in [0.25, 0.3) is 4.18 Å². The van der Waals surface area contributed by atoms with E-state index in [1.54, 1.807) is 0 Å². The van der Waals surface area contributed by atoms with E-state index in [-0.39, 0.29) is 22.6 Å². The van der Waals surface area contributed by atoms with E-state index in [1.807, 2.05) is 0 Å². The zero-order valence-corrected chi connectivity index (χ0v) is 7.56. The summed E-state index contributed by atoms with van der Waals surface area (Å²) in [5.41, 5.74) is 0. The molecule has 0 amide bonds. The largest absolute Gasteiger partial charge is 0.460 e. The van der Waals surface area contributed by atoms with Gasteiger partial charge >= 0.3 is 18.0 Å². The molecular weight excluding hydrogens is 327 g/mol. The minimum absolute atomic E-state index is 0.0704. The number of halogens is 9. The molecule has 0 aromatic carbocycles. The Morgan fingerprint density at radius 3 is 1.23 bits per heavy atom. The highest BCUT2D eigenvalue weighted by atomic mass is 127. The molecule has 0 nitrogen and oxygen atoms in total. The molecule has 0 aromatic heterocycles. The Morgan fingerprint density at radius 1 is 0.846 bits per heavy atom. The van der Waals surface area contributed by atoms with Crippen molar-refractivity contribution in [2.24, 2.45) is 0 Å². The van der Waals surface area contributed by atoms with E-state index in [0.717, 1.165) is 0 Å². The Balaban J connectivity index is 5.04. The molecule has 1 radical (unpaired) electrons. The smallest absolute Gasteiger partial charge is 0.220 e. The number of rotatable bonds is 2. The van der Waals surface area contributed by atoms with Gasteiger partial charge < -0.3 is 0 Å². The second kappa shape index (κ2) is 3.39. The van der Waals surface area contributed by atoms with Crippen LogP contribution in [0.1, 0.15) is 0 Å². The molecule has 0 saturated heterocycles. The summed E-state index contributed by atoms with van der Waals surface area (Å²) in [6.45, 7) is 0. The van der Waals surface area contributed by atoms with Crippen molar-refractivity contribution in [3.05, 3.63) is 4.18 Å². The average Bonchev–Trinajstić information content (AvgIpc) is 1.84. The van der Waals surface area contributed by atoms with E-state index in [0.29, 0.717) is 0 Å². The van der Waals surface area contributed by atoms with Gasteiger partial charge in [-0.1, -0.05) is 0 Å². The van der Waals surface area contributed by atoms with Crippen molar-refractivity contribution in [2.45, 2.75) is 18.0 Å². The predicted molar refractivity (Wildman–Crippen MR) is 34.3 cm³/mol. The topological polar surface area (TPSA) is 0 Å². The van der Waals surface area contributed by atoms with Crippen molar-refractivity contribution in [2.75, 3.05) is 0 Å². The third-order valence-corrected chi connectivity index (χ3v) is 1.67. The average molecular weight is 327 g/mol. The van der Waals surface area contributed by atoms with Crippen molar-refractivity contribution in [3.8, 4) is 0 Å². The van der Waals surface area contributed by atoms with Gasteiger partial charge in [-0.15, -0.1) is 0 Å². The normalized spacial score (nSPS) is 15.2. The summed E-state index contributed by atoms with van der Waals surface area (Å²) in [5, 5.41) is 0. The molecule has 0 aliphatic rings. The van der Waals surface area contributed by atoms with Crippen molar-refractivity contribution in [1.29, 1.82) is 0 Å². The number of alkyl halides is 7. The molecule has 0 aliphatic carbocycles. The SMILES string of the molecule is F[C](I)C(F)(F)C(F)(F)C(F)(F)F. The Morgan fingerprint density at radius 2 is 1.15 bits per heavy atom. The number of hydrogen-bond acceptors (Lipinski definition) is 0. The van der Waals surface area contributed by atoms with Crippen LogP contribution in [-0.4, -0.2) is 18.0 Å². The summed E-state index contributed by atoms with van der Waals surface area (Å²) in [5.74, 6) is -12.2. The van der Waals surface area contributed by atoms with Gasteiger partial charge in [0.2, 0.25) is 0 Å². The summed E-state index contributed by atoms with van der Waals surface area (Å²) in [7, 11) is 0. The van der Waals surface area contributed by atoms with Gasteiger partial charge in [-0.3, -0.25) is 0 Å². The monoisotopic (exact) mass is 327 g/mol. The fourth-order valence-electron chi connectivity index (χ4n) is 0.297. The molecule has 0 bridgehead atoms. The molecule has 0 aliphatic heterocycles. The highest BCUT2D eigenvalue weighted by Crippen LogP contribution is 2.52. The molecule has 0 atom stereocenters. The summed E-state index contributed by atoms with van der Waals surface area (Å²) in [6.07, 6.45) is -6.49. The molecule has 0 spiro atoms. The summed E-state index contributed by atoms with van der Waals surface area (Å²) < 4.78 is 90.2. The summed E-state index contributed by atoms with van der Waals surface area (Å²) in [4.78, 5) is 0. The van der Waals surface area contributed by atoms with Gasteiger partial charge in [0, 0.05) is 0 Å². The Bertz CT molecular complexity index is 181. The lowest BCUT2D eigenvalue weighted by molar-refractivity contribution is -0.349. The van der Waals surface area contributed by atoms with Crippen molar-refractivity contribution in [1.82, 2.24) is 0 Å². The lowest BCUT2D eigenvalue weighted by atomic mass is 10.2. The number of hydrogen-bond donors (Lipinski definition) is 0. The summed E-state index contributed by atoms with van der Waals surface area (Å²) in [6, 6.07) is 0. The zero-order valence-electron chi connectivity index (χ0n) is 5.40. The maximum absolute atomic E-state index is 11.9. The first-order valence-electron chi connectivity index (χ1n) is 2.45. The lowest BCUT2D eigenvalue weighted by Crippen LogP contribution is -2.53. The van der Waals surface area contributed by atoms with Crippen LogP contribution in [0.4, 0.5) is 35.1 Å². The second-order valence-corrected chi connectivity index (χ2v) is 2.85. The van der Waals surface area contributed by atoms with Gasteiger partial charge in [-0.2, -0.15) is 30.7 Å². The van der Waals surface area contributed by atoms with Crippen molar-refractivity contribution >= 4 is 22.6 Å². The van der Waals surface area contributed by atoms with E-state index < -0.39 is 22.2 Å². The first-order chi connectivity index (χ1) is 5.44. The zero-order chi connectivity index (χ0) is 11.1. The van der Waals surface area contributed by atoms with Gasteiger partial charge in [-0.05, 0) is 22.6 Å². The molecule has 0 unspecified atom stereocenters. The van der Waals surface area contributed by atoms with Crippen molar-refractivity contribution in [3.63, 3.8) is 0 Å². The minimum Gasteiger partial charge on any atom is -0.220 e. The molecule has 0 heterocycles. The molecular formula is C4F8I.